The number of carbonyl (C=O) groups is 1. The number of rotatable bonds is 56. The van der Waals surface area contributed by atoms with E-state index in [-0.39, 0.29) is 18.9 Å². The fourth-order valence-corrected chi connectivity index (χ4v) is 9.51. The van der Waals surface area contributed by atoms with Gasteiger partial charge < -0.3 is 24.9 Å². The quantitative estimate of drug-likeness (QED) is 0.0207. The van der Waals surface area contributed by atoms with E-state index >= 15 is 0 Å². The van der Waals surface area contributed by atoms with Gasteiger partial charge in [-0.15, -0.1) is 0 Å². The summed E-state index contributed by atoms with van der Waals surface area (Å²) in [5, 5.41) is 24.8. The third-order valence-electron chi connectivity index (χ3n) is 13.6. The first-order valence-electron chi connectivity index (χ1n) is 31.3. The third-order valence-corrected chi connectivity index (χ3v) is 14.6. The number of amides is 1. The first-order chi connectivity index (χ1) is 37.4. The maximum Gasteiger partial charge on any atom is 0.472 e. The van der Waals surface area contributed by atoms with Gasteiger partial charge in [0.05, 0.1) is 39.9 Å². The molecule has 0 saturated heterocycles. The highest BCUT2D eigenvalue weighted by molar-refractivity contribution is 7.47. The molecule has 0 aromatic rings. The summed E-state index contributed by atoms with van der Waals surface area (Å²) in [5.41, 5.74) is 0. The first-order valence-corrected chi connectivity index (χ1v) is 32.8. The van der Waals surface area contributed by atoms with Gasteiger partial charge in [0, 0.05) is 6.42 Å². The maximum absolute atomic E-state index is 13.0. The highest BCUT2D eigenvalue weighted by atomic mass is 31.2. The Morgan fingerprint density at radius 3 is 1.25 bits per heavy atom. The Morgan fingerprint density at radius 2 is 0.831 bits per heavy atom. The molecule has 0 rings (SSSR count). The molecule has 4 N–H and O–H groups in total. The van der Waals surface area contributed by atoms with Crippen LogP contribution in [0.3, 0.4) is 0 Å². The van der Waals surface area contributed by atoms with Crippen LogP contribution >= 0.6 is 7.82 Å². The second-order valence-corrected chi connectivity index (χ2v) is 23.6. The van der Waals surface area contributed by atoms with Crippen molar-refractivity contribution in [1.82, 2.24) is 5.32 Å². The van der Waals surface area contributed by atoms with Crippen LogP contribution < -0.4 is 5.32 Å². The van der Waals surface area contributed by atoms with Crippen LogP contribution in [-0.4, -0.2) is 84.6 Å². The molecule has 0 aliphatic heterocycles. The Morgan fingerprint density at radius 1 is 0.481 bits per heavy atom. The molecule has 0 aromatic carbocycles. The van der Waals surface area contributed by atoms with E-state index in [1.165, 1.54) is 122 Å². The van der Waals surface area contributed by atoms with E-state index in [0.717, 1.165) is 96.3 Å². The zero-order chi connectivity index (χ0) is 56.4. The fraction of sp³-hybridized carbons (Fsp3) is 0.716. The number of allylic oxidation sites excluding steroid dienone is 18. The van der Waals surface area contributed by atoms with Gasteiger partial charge in [-0.05, 0) is 110 Å². The predicted octanol–water partition coefficient (Wildman–Crippen LogP) is 18.5. The molecule has 0 spiro atoms. The van der Waals surface area contributed by atoms with E-state index in [1.807, 2.05) is 28.1 Å². The highest BCUT2D eigenvalue weighted by Gasteiger charge is 2.32. The molecule has 0 aromatic heterocycles. The lowest BCUT2D eigenvalue weighted by Gasteiger charge is -2.28. The van der Waals surface area contributed by atoms with Crippen molar-refractivity contribution in [2.75, 3.05) is 40.9 Å². The molecular weight excluding hydrogens is 976 g/mol. The summed E-state index contributed by atoms with van der Waals surface area (Å²) < 4.78 is 23.6. The number of likely N-dealkylation sites (N-methyl/N-ethyl adjacent to an activating group) is 1. The van der Waals surface area contributed by atoms with Crippen LogP contribution in [0.2, 0.25) is 0 Å². The predicted molar refractivity (Wildman–Crippen MR) is 333 cm³/mol. The molecule has 0 aliphatic rings. The molecule has 0 bridgehead atoms. The van der Waals surface area contributed by atoms with Crippen LogP contribution in [0.25, 0.3) is 0 Å². The number of unbranched alkanes of at least 4 members (excludes halogenated alkanes) is 25. The van der Waals surface area contributed by atoms with Crippen molar-refractivity contribution >= 4 is 13.7 Å². The molecule has 0 heterocycles. The van der Waals surface area contributed by atoms with Crippen LogP contribution in [0.1, 0.15) is 251 Å². The molecule has 444 valence electrons. The van der Waals surface area contributed by atoms with Gasteiger partial charge in [0.2, 0.25) is 5.91 Å². The Labute approximate surface area is 474 Å². The Balaban J connectivity index is 3.97. The highest BCUT2D eigenvalue weighted by Crippen LogP contribution is 2.43. The van der Waals surface area contributed by atoms with E-state index in [0.29, 0.717) is 23.9 Å². The number of aliphatic hydroxyl groups is 2. The monoisotopic (exact) mass is 1100 g/mol. The Bertz CT molecular complexity index is 1640. The average Bonchev–Trinajstić information content (AvgIpc) is 3.39. The van der Waals surface area contributed by atoms with Crippen LogP contribution in [0, 0.1) is 0 Å². The minimum atomic E-state index is -4.44. The number of aliphatic hydroxyl groups excluding tert-OH is 2. The molecule has 77 heavy (non-hydrogen) atoms. The van der Waals surface area contributed by atoms with E-state index in [1.54, 1.807) is 0 Å². The van der Waals surface area contributed by atoms with E-state index < -0.39 is 32.7 Å². The van der Waals surface area contributed by atoms with Crippen molar-refractivity contribution in [3.8, 4) is 0 Å². The number of phosphoric ester groups is 1. The number of nitrogens with zero attached hydrogens (tertiary/aromatic N) is 1. The first kappa shape index (κ1) is 74.1. The summed E-state index contributed by atoms with van der Waals surface area (Å²) in [6, 6.07) is -1.06. The van der Waals surface area contributed by atoms with E-state index in [9.17, 15) is 24.5 Å². The van der Waals surface area contributed by atoms with Gasteiger partial charge in [-0.25, -0.2) is 4.57 Å². The normalized spacial score (nSPS) is 15.0. The number of carbonyl (C=O) groups excluding carboxylic acids is 1. The molecule has 0 aliphatic carbocycles. The summed E-state index contributed by atoms with van der Waals surface area (Å²) in [7, 11) is 1.40. The molecule has 1 amide bonds. The van der Waals surface area contributed by atoms with Crippen LogP contribution in [-0.2, 0) is 18.4 Å². The topological polar surface area (TPSA) is 125 Å². The molecule has 9 nitrogen and oxygen atoms in total. The SMILES string of the molecule is C/C=C/CC/C=C/CC/C=C/CCCC(O)C(O)C(COP(=O)(O)OCC[N+](C)(C)C)NC(=O)CCCCCCCCCCCCCCCCCCCCCCCC/C=C\C/C=C\C/C=C\C/C=C\C/C=C\C/C=C\CC. The van der Waals surface area contributed by atoms with Crippen molar-refractivity contribution in [2.24, 2.45) is 0 Å². The zero-order valence-electron chi connectivity index (χ0n) is 50.3. The summed E-state index contributed by atoms with van der Waals surface area (Å²) in [6.07, 6.45) is 79.5. The second-order valence-electron chi connectivity index (χ2n) is 22.2. The van der Waals surface area contributed by atoms with Crippen molar-refractivity contribution in [2.45, 2.75) is 270 Å². The van der Waals surface area contributed by atoms with Gasteiger partial charge in [0.15, 0.2) is 0 Å². The zero-order valence-corrected chi connectivity index (χ0v) is 51.2. The van der Waals surface area contributed by atoms with Crippen LogP contribution in [0.15, 0.2) is 109 Å². The van der Waals surface area contributed by atoms with Crippen molar-refractivity contribution in [3.05, 3.63) is 109 Å². The van der Waals surface area contributed by atoms with Crippen molar-refractivity contribution in [1.29, 1.82) is 0 Å². The smallest absolute Gasteiger partial charge is 0.390 e. The van der Waals surface area contributed by atoms with Gasteiger partial charge >= 0.3 is 7.82 Å². The maximum atomic E-state index is 13.0. The van der Waals surface area contributed by atoms with Crippen molar-refractivity contribution in [3.63, 3.8) is 0 Å². The number of phosphoric acid groups is 1. The lowest BCUT2D eigenvalue weighted by Crippen LogP contribution is -2.51. The Kier molecular flexibility index (Phi) is 54.3. The summed E-state index contributed by atoms with van der Waals surface area (Å²) in [4.78, 5) is 23.3. The Hall–Kier alpha value is -2.88. The molecule has 0 radical (unpaired) electrons. The fourth-order valence-electron chi connectivity index (χ4n) is 8.78. The minimum absolute atomic E-state index is 0.00979. The molecule has 4 unspecified atom stereocenters. The van der Waals surface area contributed by atoms with Gasteiger partial charge in [-0.2, -0.15) is 0 Å². The second kappa shape index (κ2) is 56.4. The third kappa shape index (κ3) is 57.6. The summed E-state index contributed by atoms with van der Waals surface area (Å²) >= 11 is 0. The lowest BCUT2D eigenvalue weighted by atomic mass is 10.0. The number of nitrogens with one attached hydrogen (secondary N) is 1. The standard InChI is InChI=1S/C67H119N2O7P/c1-6-8-10-12-14-16-18-20-21-22-23-24-25-26-27-28-29-30-31-32-33-34-35-36-37-38-39-40-41-42-43-44-45-46-47-48-50-52-54-56-58-60-66(71)68-64(63-76-77(73,74)75-62-61-69(3,4)5)67(72)65(70)59-57-55-53-51-49-19-17-15-13-11-9-7-2/h7-10,14-17,20-21,23-24,26-27,29-30,51,53,64-65,67,70,72H,6,11-13,18-19,22,25,28,31-50,52,54-63H2,1-5H3,(H-,68,71,73,74)/p+1/b9-7+,10-8-,16-14-,17-15+,21-20-,24-23-,27-26-,30-29-,53-51+. The molecule has 0 fully saturated rings. The van der Waals surface area contributed by atoms with Crippen LogP contribution in [0.4, 0.5) is 0 Å². The number of hydrogen-bond donors (Lipinski definition) is 4. The van der Waals surface area contributed by atoms with E-state index in [4.69, 9.17) is 9.05 Å². The van der Waals surface area contributed by atoms with Gasteiger partial charge in [0.1, 0.15) is 19.3 Å². The average molecular weight is 1100 g/mol. The lowest BCUT2D eigenvalue weighted by molar-refractivity contribution is -0.870. The van der Waals surface area contributed by atoms with E-state index in [2.05, 4.69) is 122 Å². The summed E-state index contributed by atoms with van der Waals surface area (Å²) in [5.74, 6) is -0.275. The molecule has 10 heteroatoms. The summed E-state index contributed by atoms with van der Waals surface area (Å²) in [6.45, 7) is 4.25. The minimum Gasteiger partial charge on any atom is -0.390 e. The molecular formula is C67H120N2O7P+. The van der Waals surface area contributed by atoms with Crippen LogP contribution in [0.5, 0.6) is 0 Å². The van der Waals surface area contributed by atoms with Gasteiger partial charge in [-0.3, -0.25) is 13.8 Å². The van der Waals surface area contributed by atoms with Crippen molar-refractivity contribution < 1.29 is 38.0 Å². The number of quaternary nitrogens is 1. The van der Waals surface area contributed by atoms with Gasteiger partial charge in [0.25, 0.3) is 0 Å². The van der Waals surface area contributed by atoms with Gasteiger partial charge in [-0.1, -0.05) is 245 Å². The largest absolute Gasteiger partial charge is 0.472 e. The number of hydrogen-bond acceptors (Lipinski definition) is 6. The molecule has 0 saturated carbocycles. The molecule has 4 atom stereocenters.